The molecule has 18 heavy (non-hydrogen) atoms. The molecule has 1 aliphatic carbocycles. The number of halogens is 1. The molecule has 1 aliphatic rings. The van der Waals surface area contributed by atoms with E-state index in [1.165, 1.54) is 19.3 Å². The molecule has 1 fully saturated rings. The third kappa shape index (κ3) is 1.88. The SMILES string of the molecule is NCC1(c2nc3cccc(Br)c3o2)CCCCC1. The molecular weight excluding hydrogens is 292 g/mol. The average Bonchev–Trinajstić information content (AvgIpc) is 2.85. The summed E-state index contributed by atoms with van der Waals surface area (Å²) in [7, 11) is 0. The van der Waals surface area contributed by atoms with Crippen LogP contribution in [-0.2, 0) is 5.41 Å². The van der Waals surface area contributed by atoms with Crippen molar-refractivity contribution in [2.24, 2.45) is 5.73 Å². The molecule has 4 heteroatoms. The number of para-hydroxylation sites is 1. The largest absolute Gasteiger partial charge is 0.439 e. The van der Waals surface area contributed by atoms with E-state index in [1.54, 1.807) is 0 Å². The van der Waals surface area contributed by atoms with E-state index in [0.29, 0.717) is 6.54 Å². The molecule has 0 aliphatic heterocycles. The lowest BCUT2D eigenvalue weighted by Crippen LogP contribution is -2.37. The summed E-state index contributed by atoms with van der Waals surface area (Å²) < 4.78 is 6.95. The average molecular weight is 309 g/mol. The molecule has 0 amide bonds. The zero-order valence-electron chi connectivity index (χ0n) is 10.3. The lowest BCUT2D eigenvalue weighted by molar-refractivity contribution is 0.247. The second kappa shape index (κ2) is 4.67. The summed E-state index contributed by atoms with van der Waals surface area (Å²) in [6.45, 7) is 0.622. The van der Waals surface area contributed by atoms with Crippen LogP contribution in [0.15, 0.2) is 27.1 Å². The topological polar surface area (TPSA) is 52.0 Å². The number of oxazole rings is 1. The van der Waals surface area contributed by atoms with Crippen molar-refractivity contribution in [3.8, 4) is 0 Å². The number of fused-ring (bicyclic) bond motifs is 1. The highest BCUT2D eigenvalue weighted by molar-refractivity contribution is 9.10. The third-order valence-corrected chi connectivity index (χ3v) is 4.65. The van der Waals surface area contributed by atoms with Gasteiger partial charge in [0.1, 0.15) is 5.52 Å². The van der Waals surface area contributed by atoms with Gasteiger partial charge in [-0.3, -0.25) is 0 Å². The first-order chi connectivity index (χ1) is 8.75. The zero-order chi connectivity index (χ0) is 12.6. The van der Waals surface area contributed by atoms with Gasteiger partial charge >= 0.3 is 0 Å². The summed E-state index contributed by atoms with van der Waals surface area (Å²) in [5, 5.41) is 0. The Kier molecular flexibility index (Phi) is 3.16. The molecule has 1 aromatic heterocycles. The molecule has 2 N–H and O–H groups in total. The Bertz CT molecular complexity index is 558. The fourth-order valence-electron chi connectivity index (χ4n) is 2.88. The van der Waals surface area contributed by atoms with Crippen LogP contribution in [0.4, 0.5) is 0 Å². The molecule has 0 radical (unpaired) electrons. The minimum absolute atomic E-state index is 0.0449. The highest BCUT2D eigenvalue weighted by Gasteiger charge is 2.37. The Labute approximate surface area is 115 Å². The molecule has 96 valence electrons. The number of nitrogens with zero attached hydrogens (tertiary/aromatic N) is 1. The lowest BCUT2D eigenvalue weighted by Gasteiger charge is -2.32. The van der Waals surface area contributed by atoms with Crippen molar-refractivity contribution in [1.29, 1.82) is 0 Å². The van der Waals surface area contributed by atoms with Crippen LogP contribution in [-0.4, -0.2) is 11.5 Å². The highest BCUT2D eigenvalue weighted by atomic mass is 79.9. The maximum atomic E-state index is 6.02. The Balaban J connectivity index is 2.09. The molecule has 3 rings (SSSR count). The molecule has 0 unspecified atom stereocenters. The van der Waals surface area contributed by atoms with E-state index in [1.807, 2.05) is 18.2 Å². The van der Waals surface area contributed by atoms with Crippen LogP contribution in [0.5, 0.6) is 0 Å². The number of benzene rings is 1. The standard InChI is InChI=1S/C14H17BrN2O/c15-10-5-4-6-11-12(10)18-13(17-11)14(9-16)7-2-1-3-8-14/h4-6H,1-3,7-9,16H2. The molecule has 1 saturated carbocycles. The van der Waals surface area contributed by atoms with Crippen LogP contribution >= 0.6 is 15.9 Å². The second-order valence-corrected chi connectivity index (χ2v) is 6.01. The Morgan fingerprint density at radius 1 is 1.28 bits per heavy atom. The number of hydrogen-bond donors (Lipinski definition) is 1. The third-order valence-electron chi connectivity index (χ3n) is 4.02. The van der Waals surface area contributed by atoms with Gasteiger partial charge < -0.3 is 10.2 Å². The monoisotopic (exact) mass is 308 g/mol. The van der Waals surface area contributed by atoms with E-state index in [0.717, 1.165) is 34.3 Å². The van der Waals surface area contributed by atoms with Gasteiger partial charge in [0.05, 0.1) is 9.89 Å². The molecule has 0 atom stereocenters. The minimum atomic E-state index is -0.0449. The van der Waals surface area contributed by atoms with Crippen LogP contribution in [0, 0.1) is 0 Å². The Morgan fingerprint density at radius 2 is 2.06 bits per heavy atom. The predicted octanol–water partition coefficient (Wildman–Crippen LogP) is 3.75. The maximum Gasteiger partial charge on any atom is 0.203 e. The van der Waals surface area contributed by atoms with Crippen molar-refractivity contribution >= 4 is 27.0 Å². The number of rotatable bonds is 2. The van der Waals surface area contributed by atoms with Gasteiger partial charge in [0.25, 0.3) is 0 Å². The quantitative estimate of drug-likeness (QED) is 0.919. The number of nitrogens with two attached hydrogens (primary N) is 1. The van der Waals surface area contributed by atoms with Crippen LogP contribution in [0.1, 0.15) is 38.0 Å². The molecule has 3 nitrogen and oxygen atoms in total. The lowest BCUT2D eigenvalue weighted by atomic mass is 9.74. The number of aromatic nitrogens is 1. The van der Waals surface area contributed by atoms with E-state index < -0.39 is 0 Å². The molecule has 1 heterocycles. The van der Waals surface area contributed by atoms with Crippen molar-refractivity contribution in [1.82, 2.24) is 4.98 Å². The highest BCUT2D eigenvalue weighted by Crippen LogP contribution is 2.40. The van der Waals surface area contributed by atoms with Crippen molar-refractivity contribution in [2.45, 2.75) is 37.5 Å². The molecule has 0 saturated heterocycles. The van der Waals surface area contributed by atoms with Gasteiger partial charge in [-0.05, 0) is 40.9 Å². The van der Waals surface area contributed by atoms with E-state index in [4.69, 9.17) is 10.2 Å². The van der Waals surface area contributed by atoms with Gasteiger partial charge in [-0.2, -0.15) is 0 Å². The van der Waals surface area contributed by atoms with Gasteiger partial charge in [0, 0.05) is 6.54 Å². The summed E-state index contributed by atoms with van der Waals surface area (Å²) in [5.41, 5.74) is 7.73. The summed E-state index contributed by atoms with van der Waals surface area (Å²) in [4.78, 5) is 4.66. The normalized spacial score (nSPS) is 19.2. The van der Waals surface area contributed by atoms with Gasteiger partial charge in [-0.15, -0.1) is 0 Å². The Hall–Kier alpha value is -0.870. The van der Waals surface area contributed by atoms with Gasteiger partial charge in [0.2, 0.25) is 5.89 Å². The van der Waals surface area contributed by atoms with Gasteiger partial charge in [-0.25, -0.2) is 4.98 Å². The summed E-state index contributed by atoms with van der Waals surface area (Å²) >= 11 is 3.51. The van der Waals surface area contributed by atoms with Crippen LogP contribution in [0.2, 0.25) is 0 Å². The molecule has 0 spiro atoms. The first-order valence-corrected chi connectivity index (χ1v) is 7.30. The Morgan fingerprint density at radius 3 is 2.72 bits per heavy atom. The van der Waals surface area contributed by atoms with Crippen molar-refractivity contribution in [2.75, 3.05) is 6.54 Å². The van der Waals surface area contributed by atoms with Crippen LogP contribution in [0.3, 0.4) is 0 Å². The first-order valence-electron chi connectivity index (χ1n) is 6.51. The van der Waals surface area contributed by atoms with Gasteiger partial charge in [-0.1, -0.05) is 25.3 Å². The van der Waals surface area contributed by atoms with Crippen molar-refractivity contribution < 1.29 is 4.42 Å². The first kappa shape index (κ1) is 12.2. The number of hydrogen-bond acceptors (Lipinski definition) is 3. The summed E-state index contributed by atoms with van der Waals surface area (Å²) in [6.07, 6.45) is 5.92. The van der Waals surface area contributed by atoms with E-state index >= 15 is 0 Å². The molecular formula is C14H17BrN2O. The summed E-state index contributed by atoms with van der Waals surface area (Å²) in [5.74, 6) is 0.826. The minimum Gasteiger partial charge on any atom is -0.439 e. The molecule has 2 aromatic rings. The van der Waals surface area contributed by atoms with Crippen molar-refractivity contribution in [3.63, 3.8) is 0 Å². The predicted molar refractivity (Wildman–Crippen MR) is 75.5 cm³/mol. The zero-order valence-corrected chi connectivity index (χ0v) is 11.9. The molecule has 1 aromatic carbocycles. The smallest absolute Gasteiger partial charge is 0.203 e. The summed E-state index contributed by atoms with van der Waals surface area (Å²) in [6, 6.07) is 5.95. The van der Waals surface area contributed by atoms with E-state index in [9.17, 15) is 0 Å². The van der Waals surface area contributed by atoms with Crippen LogP contribution < -0.4 is 5.73 Å². The molecule has 0 bridgehead atoms. The van der Waals surface area contributed by atoms with Gasteiger partial charge in [0.15, 0.2) is 5.58 Å². The van der Waals surface area contributed by atoms with Crippen LogP contribution in [0.25, 0.3) is 11.1 Å². The van der Waals surface area contributed by atoms with E-state index in [-0.39, 0.29) is 5.41 Å². The fraction of sp³-hybridized carbons (Fsp3) is 0.500. The van der Waals surface area contributed by atoms with E-state index in [2.05, 4.69) is 20.9 Å². The van der Waals surface area contributed by atoms with Crippen molar-refractivity contribution in [3.05, 3.63) is 28.6 Å². The fourth-order valence-corrected chi connectivity index (χ4v) is 3.31. The second-order valence-electron chi connectivity index (χ2n) is 5.15. The maximum absolute atomic E-state index is 6.02.